The molecular weight excluding hydrogens is 301 g/mol. The van der Waals surface area contributed by atoms with Gasteiger partial charge in [-0.05, 0) is 48.7 Å². The summed E-state index contributed by atoms with van der Waals surface area (Å²) in [5, 5.41) is 21.1. The number of phenols is 1. The number of amides is 1. The number of carboxylic acid groups (broad SMARTS) is 1. The van der Waals surface area contributed by atoms with Gasteiger partial charge in [-0.2, -0.15) is 0 Å². The highest BCUT2D eigenvalue weighted by Gasteiger charge is 2.15. The lowest BCUT2D eigenvalue weighted by Gasteiger charge is -2.09. The Kier molecular flexibility index (Phi) is 4.95. The number of aryl methyl sites for hydroxylation is 2. The van der Waals surface area contributed by atoms with Gasteiger partial charge in [-0.1, -0.05) is 12.1 Å². The smallest absolute Gasteiger partial charge is 0.303 e. The average molecular weight is 317 g/mol. The average Bonchev–Trinajstić information content (AvgIpc) is 2.50. The molecule has 3 N–H and O–H groups in total. The Balaban J connectivity index is 2.10. The van der Waals surface area contributed by atoms with Crippen molar-refractivity contribution in [3.8, 4) is 5.75 Å². The zero-order valence-corrected chi connectivity index (χ0v) is 12.5. The van der Waals surface area contributed by atoms with E-state index in [0.717, 1.165) is 17.7 Å². The highest BCUT2D eigenvalue weighted by atomic mass is 19.1. The summed E-state index contributed by atoms with van der Waals surface area (Å²) in [6.45, 7) is 1.51. The van der Waals surface area contributed by atoms with Gasteiger partial charge < -0.3 is 15.5 Å². The molecule has 0 aliphatic rings. The number of halogens is 1. The van der Waals surface area contributed by atoms with E-state index in [4.69, 9.17) is 5.11 Å². The third-order valence-corrected chi connectivity index (χ3v) is 3.35. The highest BCUT2D eigenvalue weighted by molar-refractivity contribution is 6.06. The van der Waals surface area contributed by atoms with Gasteiger partial charge in [-0.25, -0.2) is 4.39 Å². The van der Waals surface area contributed by atoms with Crippen LogP contribution in [0.5, 0.6) is 5.75 Å². The second-order valence-electron chi connectivity index (χ2n) is 5.16. The monoisotopic (exact) mass is 317 g/mol. The molecular formula is C17H16FNO4. The van der Waals surface area contributed by atoms with Gasteiger partial charge in [0, 0.05) is 12.1 Å². The quantitative estimate of drug-likeness (QED) is 0.791. The van der Waals surface area contributed by atoms with E-state index in [1.807, 2.05) is 0 Å². The molecule has 0 saturated heterocycles. The van der Waals surface area contributed by atoms with Gasteiger partial charge in [0.25, 0.3) is 5.91 Å². The lowest BCUT2D eigenvalue weighted by atomic mass is 10.1. The summed E-state index contributed by atoms with van der Waals surface area (Å²) < 4.78 is 13.4. The Morgan fingerprint density at radius 3 is 2.43 bits per heavy atom. The number of aliphatic carboxylic acids is 1. The van der Waals surface area contributed by atoms with Gasteiger partial charge in [-0.3, -0.25) is 9.59 Å². The number of carboxylic acids is 1. The Morgan fingerprint density at radius 1 is 1.17 bits per heavy atom. The molecule has 0 spiro atoms. The second-order valence-corrected chi connectivity index (χ2v) is 5.16. The van der Waals surface area contributed by atoms with E-state index in [2.05, 4.69) is 5.32 Å². The van der Waals surface area contributed by atoms with Gasteiger partial charge in [0.05, 0.1) is 5.56 Å². The molecule has 0 aliphatic carbocycles. The molecule has 0 aliphatic heterocycles. The zero-order chi connectivity index (χ0) is 17.0. The minimum Gasteiger partial charge on any atom is -0.507 e. The van der Waals surface area contributed by atoms with Crippen LogP contribution in [0, 0.1) is 12.7 Å². The molecule has 0 fully saturated rings. The highest BCUT2D eigenvalue weighted by Crippen LogP contribution is 2.24. The summed E-state index contributed by atoms with van der Waals surface area (Å²) in [6.07, 6.45) is 0.426. The Hall–Kier alpha value is -2.89. The van der Waals surface area contributed by atoms with E-state index in [-0.39, 0.29) is 23.3 Å². The molecule has 2 aromatic rings. The maximum Gasteiger partial charge on any atom is 0.303 e. The minimum absolute atomic E-state index is 0.0299. The number of benzene rings is 2. The van der Waals surface area contributed by atoms with Crippen molar-refractivity contribution in [1.29, 1.82) is 0 Å². The third kappa shape index (κ3) is 4.29. The van der Waals surface area contributed by atoms with Crippen LogP contribution in [0.1, 0.15) is 27.9 Å². The van der Waals surface area contributed by atoms with Crippen molar-refractivity contribution in [3.05, 3.63) is 58.9 Å². The molecule has 0 bridgehead atoms. The number of hydrogen-bond acceptors (Lipinski definition) is 3. The van der Waals surface area contributed by atoms with Crippen molar-refractivity contribution >= 4 is 17.6 Å². The Labute approximate surface area is 132 Å². The van der Waals surface area contributed by atoms with Crippen molar-refractivity contribution in [2.24, 2.45) is 0 Å². The standard InChI is InChI=1S/C17H16FNO4/c1-10-8-12(18)9-14(16(10)22)17(23)19-13-5-2-11(3-6-13)4-7-15(20)21/h2-3,5-6,8-9,22H,4,7H2,1H3,(H,19,23)(H,20,21). The molecule has 0 unspecified atom stereocenters. The summed E-state index contributed by atoms with van der Waals surface area (Å²) in [5.74, 6) is -2.36. The first-order chi connectivity index (χ1) is 10.9. The Morgan fingerprint density at radius 2 is 1.83 bits per heavy atom. The first-order valence-corrected chi connectivity index (χ1v) is 6.98. The van der Waals surface area contributed by atoms with E-state index in [1.54, 1.807) is 24.3 Å². The molecule has 0 radical (unpaired) electrons. The van der Waals surface area contributed by atoms with Crippen LogP contribution < -0.4 is 5.32 Å². The molecule has 2 rings (SSSR count). The normalized spacial score (nSPS) is 10.3. The van der Waals surface area contributed by atoms with Crippen LogP contribution >= 0.6 is 0 Å². The predicted octanol–water partition coefficient (Wildman–Crippen LogP) is 3.11. The summed E-state index contributed by atoms with van der Waals surface area (Å²) >= 11 is 0. The van der Waals surface area contributed by atoms with E-state index >= 15 is 0 Å². The predicted molar refractivity (Wildman–Crippen MR) is 83.2 cm³/mol. The summed E-state index contributed by atoms with van der Waals surface area (Å²) in [4.78, 5) is 22.6. The van der Waals surface area contributed by atoms with Crippen LogP contribution in [0.4, 0.5) is 10.1 Å². The number of rotatable bonds is 5. The van der Waals surface area contributed by atoms with Crippen molar-refractivity contribution in [1.82, 2.24) is 0 Å². The maximum absolute atomic E-state index is 13.4. The van der Waals surface area contributed by atoms with Crippen LogP contribution in [0.3, 0.4) is 0 Å². The SMILES string of the molecule is Cc1cc(F)cc(C(=O)Nc2ccc(CCC(=O)O)cc2)c1O. The number of carbonyl (C=O) groups excluding carboxylic acids is 1. The summed E-state index contributed by atoms with van der Waals surface area (Å²) in [6, 6.07) is 8.77. The molecule has 5 nitrogen and oxygen atoms in total. The first kappa shape index (κ1) is 16.5. The molecule has 0 aromatic heterocycles. The van der Waals surface area contributed by atoms with Gasteiger partial charge >= 0.3 is 5.97 Å². The number of phenolic OH excluding ortho intramolecular Hbond substituents is 1. The van der Waals surface area contributed by atoms with Crippen molar-refractivity contribution in [2.75, 3.05) is 5.32 Å². The molecule has 23 heavy (non-hydrogen) atoms. The number of hydrogen-bond donors (Lipinski definition) is 3. The fraction of sp³-hybridized carbons (Fsp3) is 0.176. The van der Waals surface area contributed by atoms with Gasteiger partial charge in [0.15, 0.2) is 0 Å². The van der Waals surface area contributed by atoms with Crippen molar-refractivity contribution in [3.63, 3.8) is 0 Å². The molecule has 120 valence electrons. The summed E-state index contributed by atoms with van der Waals surface area (Å²) in [5.41, 5.74) is 1.43. The maximum atomic E-state index is 13.4. The largest absolute Gasteiger partial charge is 0.507 e. The molecule has 0 atom stereocenters. The summed E-state index contributed by atoms with van der Waals surface area (Å²) in [7, 11) is 0. The Bertz CT molecular complexity index is 741. The van der Waals surface area contributed by atoms with Crippen molar-refractivity contribution < 1.29 is 24.2 Å². The van der Waals surface area contributed by atoms with E-state index < -0.39 is 17.7 Å². The number of carbonyl (C=O) groups is 2. The molecule has 1 amide bonds. The van der Waals surface area contributed by atoms with Crippen LogP contribution in [-0.2, 0) is 11.2 Å². The van der Waals surface area contributed by atoms with Crippen LogP contribution in [0.25, 0.3) is 0 Å². The second kappa shape index (κ2) is 6.91. The third-order valence-electron chi connectivity index (χ3n) is 3.35. The minimum atomic E-state index is -0.876. The fourth-order valence-electron chi connectivity index (χ4n) is 2.11. The van der Waals surface area contributed by atoms with Gasteiger partial charge in [0.2, 0.25) is 0 Å². The number of nitrogens with one attached hydrogen (secondary N) is 1. The zero-order valence-electron chi connectivity index (χ0n) is 12.5. The molecule has 6 heteroatoms. The molecule has 0 saturated carbocycles. The molecule has 2 aromatic carbocycles. The van der Waals surface area contributed by atoms with E-state index in [0.29, 0.717) is 12.1 Å². The number of aromatic hydroxyl groups is 1. The lowest BCUT2D eigenvalue weighted by molar-refractivity contribution is -0.136. The van der Waals surface area contributed by atoms with E-state index in [1.165, 1.54) is 6.92 Å². The van der Waals surface area contributed by atoms with Crippen LogP contribution in [0.15, 0.2) is 36.4 Å². The van der Waals surface area contributed by atoms with E-state index in [9.17, 15) is 19.1 Å². The lowest BCUT2D eigenvalue weighted by Crippen LogP contribution is -2.13. The van der Waals surface area contributed by atoms with Gasteiger partial charge in [-0.15, -0.1) is 0 Å². The van der Waals surface area contributed by atoms with Crippen LogP contribution in [-0.4, -0.2) is 22.1 Å². The first-order valence-electron chi connectivity index (χ1n) is 6.98. The number of anilines is 1. The topological polar surface area (TPSA) is 86.6 Å². The molecule has 0 heterocycles. The van der Waals surface area contributed by atoms with Gasteiger partial charge in [0.1, 0.15) is 11.6 Å². The van der Waals surface area contributed by atoms with Crippen LogP contribution in [0.2, 0.25) is 0 Å². The van der Waals surface area contributed by atoms with Crippen molar-refractivity contribution in [2.45, 2.75) is 19.8 Å². The fourth-order valence-corrected chi connectivity index (χ4v) is 2.11.